The third-order valence-corrected chi connectivity index (χ3v) is 5.45. The second kappa shape index (κ2) is 6.07. The Hall–Kier alpha value is -1.18. The van der Waals surface area contributed by atoms with E-state index >= 15 is 0 Å². The number of nitro benzene ring substituents is 1. The van der Waals surface area contributed by atoms with Gasteiger partial charge in [0.15, 0.2) is 0 Å². The minimum Gasteiger partial charge on any atom is -0.310 e. The number of nitrogens with one attached hydrogen (secondary N) is 1. The van der Waals surface area contributed by atoms with Crippen molar-refractivity contribution in [3.63, 3.8) is 0 Å². The summed E-state index contributed by atoms with van der Waals surface area (Å²) < 4.78 is 22.6. The molecule has 0 aliphatic carbocycles. The number of non-ortho nitro benzene ring substituents is 1. The second-order valence-electron chi connectivity index (χ2n) is 4.84. The first-order valence-electron chi connectivity index (χ1n) is 6.24. The molecule has 8 heteroatoms. The Morgan fingerprint density at radius 3 is 2.55 bits per heavy atom. The zero-order valence-electron chi connectivity index (χ0n) is 10.7. The summed E-state index contributed by atoms with van der Waals surface area (Å²) in [5.41, 5.74) is 0.730. The molecule has 6 nitrogen and oxygen atoms in total. The fraction of sp³-hybridized carbons (Fsp3) is 0.500. The Bertz CT molecular complexity index is 604. The van der Waals surface area contributed by atoms with Crippen molar-refractivity contribution in [1.82, 2.24) is 5.32 Å². The first-order valence-corrected chi connectivity index (χ1v) is 8.44. The van der Waals surface area contributed by atoms with E-state index in [0.29, 0.717) is 24.4 Å². The fourth-order valence-electron chi connectivity index (χ4n) is 2.14. The SMILES string of the molecule is O=[N+]([O-])c1ccc(CNC2CCS(=O)(=O)CC2)c(Cl)c1. The zero-order chi connectivity index (χ0) is 14.8. The topological polar surface area (TPSA) is 89.3 Å². The average Bonchev–Trinajstić information content (AvgIpc) is 2.38. The molecule has 0 atom stereocenters. The summed E-state index contributed by atoms with van der Waals surface area (Å²) in [5.74, 6) is 0.414. The van der Waals surface area contributed by atoms with Crippen molar-refractivity contribution in [2.75, 3.05) is 11.5 Å². The van der Waals surface area contributed by atoms with Crippen LogP contribution in [0.15, 0.2) is 18.2 Å². The largest absolute Gasteiger partial charge is 0.310 e. The number of hydrogen-bond donors (Lipinski definition) is 1. The summed E-state index contributed by atoms with van der Waals surface area (Å²) in [6.45, 7) is 0.474. The van der Waals surface area contributed by atoms with E-state index in [0.717, 1.165) is 5.56 Å². The molecule has 0 bridgehead atoms. The Kier molecular flexibility index (Phi) is 4.62. The van der Waals surface area contributed by atoms with E-state index in [-0.39, 0.29) is 23.2 Å². The van der Waals surface area contributed by atoms with Gasteiger partial charge in [0.2, 0.25) is 0 Å². The second-order valence-corrected chi connectivity index (χ2v) is 7.55. The van der Waals surface area contributed by atoms with E-state index in [1.54, 1.807) is 6.07 Å². The van der Waals surface area contributed by atoms with Gasteiger partial charge in [0, 0.05) is 24.7 Å². The molecule has 1 aromatic carbocycles. The lowest BCUT2D eigenvalue weighted by atomic mass is 10.1. The Morgan fingerprint density at radius 1 is 1.35 bits per heavy atom. The summed E-state index contributed by atoms with van der Waals surface area (Å²) in [6.07, 6.45) is 1.18. The van der Waals surface area contributed by atoms with Crippen molar-refractivity contribution >= 4 is 27.1 Å². The van der Waals surface area contributed by atoms with Gasteiger partial charge >= 0.3 is 0 Å². The van der Waals surface area contributed by atoms with Gasteiger partial charge in [-0.25, -0.2) is 8.42 Å². The molecule has 0 radical (unpaired) electrons. The van der Waals surface area contributed by atoms with Crippen molar-refractivity contribution in [2.45, 2.75) is 25.4 Å². The molecule has 0 saturated carbocycles. The molecule has 1 heterocycles. The van der Waals surface area contributed by atoms with Crippen LogP contribution in [0.25, 0.3) is 0 Å². The molecule has 1 aliphatic heterocycles. The van der Waals surface area contributed by atoms with E-state index in [1.165, 1.54) is 12.1 Å². The molecule has 2 rings (SSSR count). The van der Waals surface area contributed by atoms with Crippen LogP contribution in [-0.2, 0) is 16.4 Å². The molecule has 0 spiro atoms. The first kappa shape index (κ1) is 15.2. The Balaban J connectivity index is 1.93. The molecule has 0 unspecified atom stereocenters. The lowest BCUT2D eigenvalue weighted by molar-refractivity contribution is -0.384. The van der Waals surface area contributed by atoms with E-state index in [9.17, 15) is 18.5 Å². The summed E-state index contributed by atoms with van der Waals surface area (Å²) >= 11 is 6.00. The maximum absolute atomic E-state index is 11.3. The summed E-state index contributed by atoms with van der Waals surface area (Å²) in [7, 11) is -2.86. The van der Waals surface area contributed by atoms with Gasteiger partial charge in [0.1, 0.15) is 9.84 Å². The lowest BCUT2D eigenvalue weighted by Gasteiger charge is -2.23. The monoisotopic (exact) mass is 318 g/mol. The van der Waals surface area contributed by atoms with Gasteiger partial charge in [-0.3, -0.25) is 10.1 Å². The van der Waals surface area contributed by atoms with Crippen LogP contribution in [0, 0.1) is 10.1 Å². The first-order chi connectivity index (χ1) is 9.37. The highest BCUT2D eigenvalue weighted by Crippen LogP contribution is 2.23. The van der Waals surface area contributed by atoms with Crippen LogP contribution in [0.1, 0.15) is 18.4 Å². The van der Waals surface area contributed by atoms with E-state index in [1.807, 2.05) is 0 Å². The van der Waals surface area contributed by atoms with Crippen LogP contribution in [-0.4, -0.2) is 30.9 Å². The van der Waals surface area contributed by atoms with Crippen molar-refractivity contribution < 1.29 is 13.3 Å². The summed E-state index contributed by atoms with van der Waals surface area (Å²) in [4.78, 5) is 10.1. The molecule has 110 valence electrons. The smallest absolute Gasteiger partial charge is 0.270 e. The van der Waals surface area contributed by atoms with Crippen molar-refractivity contribution in [3.05, 3.63) is 38.9 Å². The van der Waals surface area contributed by atoms with Crippen LogP contribution in [0.4, 0.5) is 5.69 Å². The minimum atomic E-state index is -2.86. The third kappa shape index (κ3) is 3.91. The predicted octanol–water partition coefficient (Wildman–Crippen LogP) is 1.92. The van der Waals surface area contributed by atoms with Crippen LogP contribution in [0.3, 0.4) is 0 Å². The molecule has 20 heavy (non-hydrogen) atoms. The summed E-state index contributed by atoms with van der Waals surface area (Å²) in [6, 6.07) is 4.50. The molecule has 0 aromatic heterocycles. The fourth-order valence-corrected chi connectivity index (χ4v) is 3.87. The molecule has 1 N–H and O–H groups in total. The summed E-state index contributed by atoms with van der Waals surface area (Å²) in [5, 5.41) is 14.2. The third-order valence-electron chi connectivity index (χ3n) is 3.38. The zero-order valence-corrected chi connectivity index (χ0v) is 12.3. The number of hydrogen-bond acceptors (Lipinski definition) is 5. The molecule has 0 amide bonds. The van der Waals surface area contributed by atoms with Crippen LogP contribution in [0.5, 0.6) is 0 Å². The minimum absolute atomic E-state index is 0.0393. The number of benzene rings is 1. The standard InChI is InChI=1S/C12H15ClN2O4S/c13-12-7-11(15(16)17)2-1-9(12)8-14-10-3-5-20(18,19)6-4-10/h1-2,7,10,14H,3-6,8H2. The van der Waals surface area contributed by atoms with Gasteiger partial charge in [0.05, 0.1) is 21.5 Å². The average molecular weight is 319 g/mol. The number of sulfone groups is 1. The maximum atomic E-state index is 11.3. The maximum Gasteiger partial charge on any atom is 0.270 e. The van der Waals surface area contributed by atoms with Gasteiger partial charge in [-0.15, -0.1) is 0 Å². The molecule has 1 aromatic rings. The van der Waals surface area contributed by atoms with Gasteiger partial charge in [-0.2, -0.15) is 0 Å². The molecule has 1 fully saturated rings. The van der Waals surface area contributed by atoms with Gasteiger partial charge in [0.25, 0.3) is 5.69 Å². The molecular formula is C12H15ClN2O4S. The van der Waals surface area contributed by atoms with Crippen molar-refractivity contribution in [1.29, 1.82) is 0 Å². The Morgan fingerprint density at radius 2 is 2.00 bits per heavy atom. The predicted molar refractivity (Wildman–Crippen MR) is 76.6 cm³/mol. The molecule has 1 saturated heterocycles. The van der Waals surface area contributed by atoms with Gasteiger partial charge in [-0.1, -0.05) is 11.6 Å². The highest BCUT2D eigenvalue weighted by Gasteiger charge is 2.23. The van der Waals surface area contributed by atoms with E-state index in [4.69, 9.17) is 11.6 Å². The van der Waals surface area contributed by atoms with Gasteiger partial charge in [-0.05, 0) is 24.5 Å². The normalized spacial score (nSPS) is 18.9. The lowest BCUT2D eigenvalue weighted by Crippen LogP contribution is -2.37. The number of nitrogens with zero attached hydrogens (tertiary/aromatic N) is 1. The van der Waals surface area contributed by atoms with Crippen molar-refractivity contribution in [3.8, 4) is 0 Å². The number of nitro groups is 1. The number of halogens is 1. The Labute approximate surface area is 122 Å². The molecular weight excluding hydrogens is 304 g/mol. The molecule has 1 aliphatic rings. The van der Waals surface area contributed by atoms with Crippen molar-refractivity contribution in [2.24, 2.45) is 0 Å². The van der Waals surface area contributed by atoms with Crippen LogP contribution >= 0.6 is 11.6 Å². The quantitative estimate of drug-likeness (QED) is 0.676. The number of rotatable bonds is 4. The highest BCUT2D eigenvalue weighted by atomic mass is 35.5. The van der Waals surface area contributed by atoms with Gasteiger partial charge < -0.3 is 5.32 Å². The highest BCUT2D eigenvalue weighted by molar-refractivity contribution is 7.91. The van der Waals surface area contributed by atoms with E-state index < -0.39 is 14.8 Å². The van der Waals surface area contributed by atoms with E-state index in [2.05, 4.69) is 5.32 Å². The van der Waals surface area contributed by atoms with Crippen LogP contribution in [0.2, 0.25) is 5.02 Å². The van der Waals surface area contributed by atoms with Crippen LogP contribution < -0.4 is 5.32 Å².